The largest absolute Gasteiger partial charge is 0.378 e. The molecule has 0 aromatic heterocycles. The number of hydrogen-bond donors (Lipinski definition) is 0. The first-order valence-corrected chi connectivity index (χ1v) is 7.16. The summed E-state index contributed by atoms with van der Waals surface area (Å²) < 4.78 is 5.51. The zero-order valence-corrected chi connectivity index (χ0v) is 11.3. The summed E-state index contributed by atoms with van der Waals surface area (Å²) in [5.41, 5.74) is 0. The van der Waals surface area contributed by atoms with E-state index in [1.165, 1.54) is 0 Å². The normalized spacial score (nSPS) is 30.1. The zero-order chi connectivity index (χ0) is 12.3. The van der Waals surface area contributed by atoms with Crippen LogP contribution in [0.25, 0.3) is 0 Å². The highest BCUT2D eigenvalue weighted by Crippen LogP contribution is 2.33. The van der Waals surface area contributed by atoms with Gasteiger partial charge in [0.2, 0.25) is 5.91 Å². The third-order valence-corrected chi connectivity index (χ3v) is 4.27. The fraction of sp³-hybridized carbons (Fsp3) is 0.923. The van der Waals surface area contributed by atoms with Crippen LogP contribution in [0.4, 0.5) is 0 Å². The van der Waals surface area contributed by atoms with Gasteiger partial charge in [-0.2, -0.15) is 0 Å². The average molecular weight is 260 g/mol. The van der Waals surface area contributed by atoms with Crippen LogP contribution < -0.4 is 0 Å². The topological polar surface area (TPSA) is 29.5 Å². The predicted octanol–water partition coefficient (Wildman–Crippen LogP) is 2.42. The van der Waals surface area contributed by atoms with Gasteiger partial charge >= 0.3 is 0 Å². The number of amides is 1. The number of ether oxygens (including phenoxy) is 1. The van der Waals surface area contributed by atoms with Crippen LogP contribution in [-0.4, -0.2) is 42.0 Å². The zero-order valence-electron chi connectivity index (χ0n) is 10.5. The lowest BCUT2D eigenvalue weighted by Crippen LogP contribution is -2.41. The van der Waals surface area contributed by atoms with Crippen LogP contribution in [0.2, 0.25) is 0 Å². The maximum atomic E-state index is 12.0. The number of hydrogen-bond acceptors (Lipinski definition) is 2. The Bertz CT molecular complexity index is 258. The third-order valence-electron chi connectivity index (χ3n) is 3.84. The number of halogens is 1. The Kier molecular flexibility index (Phi) is 4.69. The van der Waals surface area contributed by atoms with Gasteiger partial charge in [-0.05, 0) is 38.5 Å². The Morgan fingerprint density at radius 3 is 2.59 bits per heavy atom. The molecule has 4 heteroatoms. The van der Waals surface area contributed by atoms with E-state index in [2.05, 4.69) is 0 Å². The van der Waals surface area contributed by atoms with Crippen molar-refractivity contribution in [3.63, 3.8) is 0 Å². The molecule has 0 unspecified atom stereocenters. The second-order valence-electron chi connectivity index (χ2n) is 5.17. The van der Waals surface area contributed by atoms with Crippen molar-refractivity contribution in [2.45, 2.75) is 50.5 Å². The quantitative estimate of drug-likeness (QED) is 0.726. The molecule has 1 heterocycles. The lowest BCUT2D eigenvalue weighted by Gasteiger charge is -2.37. The second kappa shape index (κ2) is 6.05. The molecule has 3 nitrogen and oxygen atoms in total. The van der Waals surface area contributed by atoms with Crippen molar-refractivity contribution >= 4 is 17.5 Å². The fourth-order valence-electron chi connectivity index (χ4n) is 2.69. The Labute approximate surface area is 108 Å². The van der Waals surface area contributed by atoms with E-state index in [0.717, 1.165) is 45.4 Å². The average Bonchev–Trinajstić information content (AvgIpc) is 2.27. The summed E-state index contributed by atoms with van der Waals surface area (Å²) in [5.74, 6) is 0.862. The first-order valence-electron chi connectivity index (χ1n) is 6.72. The highest BCUT2D eigenvalue weighted by Gasteiger charge is 2.32. The first-order chi connectivity index (χ1) is 8.19. The summed E-state index contributed by atoms with van der Waals surface area (Å²) >= 11 is 6.03. The monoisotopic (exact) mass is 259 g/mol. The Morgan fingerprint density at radius 1 is 1.35 bits per heavy atom. The lowest BCUT2D eigenvalue weighted by molar-refractivity contribution is -0.135. The van der Waals surface area contributed by atoms with Crippen molar-refractivity contribution in [3.8, 4) is 0 Å². The van der Waals surface area contributed by atoms with E-state index < -0.39 is 0 Å². The van der Waals surface area contributed by atoms with Gasteiger partial charge in [0.05, 0.1) is 6.10 Å². The maximum Gasteiger partial charge on any atom is 0.222 e. The number of carbonyl (C=O) groups is 1. The molecular formula is C13H22ClNO2. The summed E-state index contributed by atoms with van der Waals surface area (Å²) in [6, 6.07) is 0. The summed E-state index contributed by atoms with van der Waals surface area (Å²) in [6.07, 6.45) is 5.12. The van der Waals surface area contributed by atoms with Gasteiger partial charge in [0.25, 0.3) is 0 Å². The van der Waals surface area contributed by atoms with Crippen LogP contribution in [0.3, 0.4) is 0 Å². The van der Waals surface area contributed by atoms with Crippen LogP contribution in [0.1, 0.15) is 39.0 Å². The minimum atomic E-state index is 0.269. The maximum absolute atomic E-state index is 12.0. The molecule has 2 rings (SSSR count). The van der Waals surface area contributed by atoms with Gasteiger partial charge in [-0.15, -0.1) is 11.6 Å². The molecule has 1 saturated carbocycles. The van der Waals surface area contributed by atoms with E-state index in [9.17, 15) is 4.79 Å². The minimum Gasteiger partial charge on any atom is -0.378 e. The van der Waals surface area contributed by atoms with Crippen LogP contribution >= 0.6 is 11.6 Å². The van der Waals surface area contributed by atoms with Crippen molar-refractivity contribution in [3.05, 3.63) is 0 Å². The summed E-state index contributed by atoms with van der Waals surface area (Å²) in [4.78, 5) is 14.0. The van der Waals surface area contributed by atoms with Gasteiger partial charge in [-0.1, -0.05) is 0 Å². The van der Waals surface area contributed by atoms with Crippen LogP contribution in [-0.2, 0) is 9.53 Å². The molecule has 17 heavy (non-hydrogen) atoms. The highest BCUT2D eigenvalue weighted by molar-refractivity contribution is 6.20. The van der Waals surface area contributed by atoms with Crippen molar-refractivity contribution in [1.29, 1.82) is 0 Å². The van der Waals surface area contributed by atoms with Crippen molar-refractivity contribution in [1.82, 2.24) is 4.90 Å². The third kappa shape index (κ3) is 3.59. The summed E-state index contributed by atoms with van der Waals surface area (Å²) in [7, 11) is 0. The first kappa shape index (κ1) is 13.2. The van der Waals surface area contributed by atoms with Gasteiger partial charge in [0.15, 0.2) is 0 Å². The number of rotatable bonds is 4. The number of carbonyl (C=O) groups excluding carboxylic acids is 1. The van der Waals surface area contributed by atoms with Crippen LogP contribution in [0.5, 0.6) is 0 Å². The van der Waals surface area contributed by atoms with Gasteiger partial charge in [-0.25, -0.2) is 0 Å². The summed E-state index contributed by atoms with van der Waals surface area (Å²) in [6.45, 7) is 4.49. The molecule has 0 N–H and O–H groups in total. The van der Waals surface area contributed by atoms with Crippen LogP contribution in [0, 0.1) is 5.92 Å². The van der Waals surface area contributed by atoms with E-state index in [4.69, 9.17) is 16.3 Å². The number of likely N-dealkylation sites (tertiary alicyclic amines) is 1. The van der Waals surface area contributed by atoms with Crippen molar-refractivity contribution < 1.29 is 9.53 Å². The van der Waals surface area contributed by atoms with E-state index in [1.54, 1.807) is 0 Å². The smallest absolute Gasteiger partial charge is 0.222 e. The Hall–Kier alpha value is -0.280. The van der Waals surface area contributed by atoms with E-state index in [0.29, 0.717) is 24.3 Å². The molecule has 1 aliphatic heterocycles. The van der Waals surface area contributed by atoms with Gasteiger partial charge in [0, 0.05) is 31.5 Å². The molecule has 98 valence electrons. The molecule has 1 amide bonds. The second-order valence-corrected chi connectivity index (χ2v) is 5.79. The molecule has 0 aromatic rings. The summed E-state index contributed by atoms with van der Waals surface area (Å²) in [5, 5.41) is 0.269. The standard InChI is InChI=1S/C13H22ClNO2/c1-2-17-12-7-10(8-12)9-13(16)15-5-3-11(14)4-6-15/h10-12H,2-9H2,1H3. The molecule has 0 bridgehead atoms. The Balaban J connectivity index is 1.65. The molecule has 2 aliphatic rings. The molecule has 1 saturated heterocycles. The molecule has 0 aromatic carbocycles. The van der Waals surface area contributed by atoms with Crippen LogP contribution in [0.15, 0.2) is 0 Å². The SMILES string of the molecule is CCOC1CC(CC(=O)N2CCC(Cl)CC2)C1. The van der Waals surface area contributed by atoms with E-state index in [-0.39, 0.29) is 5.38 Å². The molecule has 2 fully saturated rings. The van der Waals surface area contributed by atoms with Gasteiger partial charge < -0.3 is 9.64 Å². The number of piperidine rings is 1. The number of nitrogens with zero attached hydrogens (tertiary/aromatic N) is 1. The van der Waals surface area contributed by atoms with Crippen molar-refractivity contribution in [2.24, 2.45) is 5.92 Å². The molecule has 0 radical (unpaired) electrons. The van der Waals surface area contributed by atoms with E-state index in [1.807, 2.05) is 11.8 Å². The number of alkyl halides is 1. The minimum absolute atomic E-state index is 0.269. The van der Waals surface area contributed by atoms with E-state index >= 15 is 0 Å². The highest BCUT2D eigenvalue weighted by atomic mass is 35.5. The molecule has 0 spiro atoms. The lowest BCUT2D eigenvalue weighted by atomic mass is 9.79. The van der Waals surface area contributed by atoms with Crippen molar-refractivity contribution in [2.75, 3.05) is 19.7 Å². The fourth-order valence-corrected chi connectivity index (χ4v) is 2.88. The molecular weight excluding hydrogens is 238 g/mol. The predicted molar refractivity (Wildman–Crippen MR) is 68.2 cm³/mol. The van der Waals surface area contributed by atoms with Gasteiger partial charge in [-0.3, -0.25) is 4.79 Å². The molecule has 0 atom stereocenters. The Morgan fingerprint density at radius 2 is 2.00 bits per heavy atom. The van der Waals surface area contributed by atoms with Gasteiger partial charge in [0.1, 0.15) is 0 Å². The molecule has 1 aliphatic carbocycles.